The fourth-order valence-corrected chi connectivity index (χ4v) is 3.06. The van der Waals surface area contributed by atoms with E-state index in [1.54, 1.807) is 18.2 Å². The number of rotatable bonds is 7. The Kier molecular flexibility index (Phi) is 6.46. The Hall–Kier alpha value is -1.13. The Morgan fingerprint density at radius 1 is 1.33 bits per heavy atom. The van der Waals surface area contributed by atoms with Gasteiger partial charge >= 0.3 is 0 Å². The number of para-hydroxylation sites is 1. The summed E-state index contributed by atoms with van der Waals surface area (Å²) < 4.78 is 18.7. The quantitative estimate of drug-likeness (QED) is 0.812. The first-order chi connectivity index (χ1) is 10.2. The van der Waals surface area contributed by atoms with Crippen LogP contribution in [0.1, 0.15) is 39.0 Å². The van der Waals surface area contributed by atoms with Crippen LogP contribution in [0.2, 0.25) is 0 Å². The number of nitrogens with one attached hydrogen (secondary N) is 1. The number of ether oxygens (including phenoxy) is 1. The van der Waals surface area contributed by atoms with Crippen LogP contribution in [0.15, 0.2) is 24.3 Å². The number of halogens is 1. The van der Waals surface area contributed by atoms with Gasteiger partial charge in [-0.15, -0.1) is 0 Å². The molecule has 1 aliphatic carbocycles. The summed E-state index contributed by atoms with van der Waals surface area (Å²) in [6, 6.07) is 6.76. The van der Waals surface area contributed by atoms with Crippen LogP contribution in [-0.4, -0.2) is 30.4 Å². The van der Waals surface area contributed by atoms with Gasteiger partial charge in [-0.05, 0) is 30.9 Å². The number of aliphatic hydroxyl groups excluding tert-OH is 1. The molecule has 0 radical (unpaired) electrons. The van der Waals surface area contributed by atoms with E-state index in [0.29, 0.717) is 18.5 Å². The molecule has 1 aliphatic rings. The van der Waals surface area contributed by atoms with Crippen molar-refractivity contribution < 1.29 is 14.2 Å². The van der Waals surface area contributed by atoms with E-state index in [0.717, 1.165) is 0 Å². The second kappa shape index (κ2) is 8.35. The summed E-state index contributed by atoms with van der Waals surface area (Å²) in [6.45, 7) is 2.83. The zero-order valence-corrected chi connectivity index (χ0v) is 12.7. The van der Waals surface area contributed by atoms with Crippen LogP contribution in [0, 0.1) is 11.7 Å². The first-order valence-corrected chi connectivity index (χ1v) is 7.99. The maximum absolute atomic E-state index is 13.4. The van der Waals surface area contributed by atoms with E-state index in [9.17, 15) is 9.50 Å². The molecule has 0 amide bonds. The van der Waals surface area contributed by atoms with Crippen molar-refractivity contribution in [3.05, 3.63) is 30.1 Å². The lowest BCUT2D eigenvalue weighted by molar-refractivity contribution is 0.0954. The topological polar surface area (TPSA) is 41.5 Å². The van der Waals surface area contributed by atoms with Crippen LogP contribution >= 0.6 is 0 Å². The zero-order chi connectivity index (χ0) is 15.1. The van der Waals surface area contributed by atoms with Crippen molar-refractivity contribution in [3.63, 3.8) is 0 Å². The van der Waals surface area contributed by atoms with Crippen molar-refractivity contribution in [1.29, 1.82) is 0 Å². The summed E-state index contributed by atoms with van der Waals surface area (Å²) >= 11 is 0. The standard InChI is InChI=1S/C17H26FNO2/c1-2-13-7-3-5-9-16(13)19-11-14(20)12-21-17-10-6-4-8-15(17)18/h4,6,8,10,13-14,16,19-20H,2-3,5,7,9,11-12H2,1H3. The second-order valence-electron chi connectivity index (χ2n) is 5.86. The van der Waals surface area contributed by atoms with Crippen LogP contribution in [-0.2, 0) is 0 Å². The van der Waals surface area contributed by atoms with Gasteiger partial charge in [0.25, 0.3) is 0 Å². The Balaban J connectivity index is 1.72. The van der Waals surface area contributed by atoms with E-state index >= 15 is 0 Å². The summed E-state index contributed by atoms with van der Waals surface area (Å²) in [7, 11) is 0. The van der Waals surface area contributed by atoms with Crippen molar-refractivity contribution in [2.45, 2.75) is 51.2 Å². The van der Waals surface area contributed by atoms with Crippen molar-refractivity contribution in [1.82, 2.24) is 5.32 Å². The molecule has 118 valence electrons. The molecule has 3 atom stereocenters. The maximum Gasteiger partial charge on any atom is 0.165 e. The lowest BCUT2D eigenvalue weighted by atomic mass is 9.83. The second-order valence-corrected chi connectivity index (χ2v) is 5.86. The molecule has 0 aromatic heterocycles. The predicted octanol–water partition coefficient (Wildman–Crippen LogP) is 3.12. The average Bonchev–Trinajstić information content (AvgIpc) is 2.52. The minimum absolute atomic E-state index is 0.109. The Morgan fingerprint density at radius 2 is 2.10 bits per heavy atom. The molecule has 2 rings (SSSR count). The highest BCUT2D eigenvalue weighted by atomic mass is 19.1. The molecule has 0 saturated heterocycles. The fraction of sp³-hybridized carbons (Fsp3) is 0.647. The van der Waals surface area contributed by atoms with Gasteiger partial charge in [0.2, 0.25) is 0 Å². The van der Waals surface area contributed by atoms with E-state index in [1.807, 2.05) is 0 Å². The first kappa shape index (κ1) is 16.2. The van der Waals surface area contributed by atoms with E-state index in [2.05, 4.69) is 12.2 Å². The summed E-state index contributed by atoms with van der Waals surface area (Å²) in [5.41, 5.74) is 0. The fourth-order valence-electron chi connectivity index (χ4n) is 3.06. The third-order valence-electron chi connectivity index (χ3n) is 4.32. The van der Waals surface area contributed by atoms with E-state index in [-0.39, 0.29) is 12.4 Å². The third kappa shape index (κ3) is 4.97. The SMILES string of the molecule is CCC1CCCCC1NCC(O)COc1ccccc1F. The van der Waals surface area contributed by atoms with Crippen molar-refractivity contribution in [2.75, 3.05) is 13.2 Å². The Bertz CT molecular complexity index is 427. The van der Waals surface area contributed by atoms with Crippen molar-refractivity contribution in [2.24, 2.45) is 5.92 Å². The molecule has 0 bridgehead atoms. The molecule has 1 fully saturated rings. The molecule has 21 heavy (non-hydrogen) atoms. The van der Waals surface area contributed by atoms with Gasteiger partial charge in [0.1, 0.15) is 12.7 Å². The minimum Gasteiger partial charge on any atom is -0.488 e. The summed E-state index contributed by atoms with van der Waals surface area (Å²) in [5, 5.41) is 13.4. The normalized spacial score (nSPS) is 23.8. The van der Waals surface area contributed by atoms with Gasteiger partial charge in [0, 0.05) is 12.6 Å². The lowest BCUT2D eigenvalue weighted by Crippen LogP contribution is -2.43. The lowest BCUT2D eigenvalue weighted by Gasteiger charge is -2.32. The molecule has 0 heterocycles. The van der Waals surface area contributed by atoms with E-state index in [4.69, 9.17) is 4.74 Å². The first-order valence-electron chi connectivity index (χ1n) is 7.99. The highest BCUT2D eigenvalue weighted by molar-refractivity contribution is 5.23. The van der Waals surface area contributed by atoms with E-state index < -0.39 is 11.9 Å². The molecule has 0 spiro atoms. The van der Waals surface area contributed by atoms with Gasteiger partial charge in [0.05, 0.1) is 0 Å². The van der Waals surface area contributed by atoms with Crippen LogP contribution in [0.3, 0.4) is 0 Å². The van der Waals surface area contributed by atoms with Crippen LogP contribution in [0.5, 0.6) is 5.75 Å². The molecule has 1 aromatic carbocycles. The summed E-state index contributed by atoms with van der Waals surface area (Å²) in [5.74, 6) is 0.509. The average molecular weight is 295 g/mol. The summed E-state index contributed by atoms with van der Waals surface area (Å²) in [4.78, 5) is 0. The molecule has 0 aliphatic heterocycles. The number of hydrogen-bond acceptors (Lipinski definition) is 3. The van der Waals surface area contributed by atoms with Gasteiger partial charge in [0.15, 0.2) is 11.6 Å². The molecule has 2 N–H and O–H groups in total. The van der Waals surface area contributed by atoms with E-state index in [1.165, 1.54) is 38.2 Å². The van der Waals surface area contributed by atoms with Crippen LogP contribution in [0.25, 0.3) is 0 Å². The number of hydrogen-bond donors (Lipinski definition) is 2. The Labute approximate surface area is 126 Å². The molecule has 3 unspecified atom stereocenters. The highest BCUT2D eigenvalue weighted by Gasteiger charge is 2.23. The summed E-state index contributed by atoms with van der Waals surface area (Å²) in [6.07, 6.45) is 5.59. The van der Waals surface area contributed by atoms with Gasteiger partial charge in [-0.1, -0.05) is 38.3 Å². The monoisotopic (exact) mass is 295 g/mol. The third-order valence-corrected chi connectivity index (χ3v) is 4.32. The van der Waals surface area contributed by atoms with Crippen molar-refractivity contribution >= 4 is 0 Å². The molecular formula is C17H26FNO2. The van der Waals surface area contributed by atoms with Gasteiger partial charge in [-0.3, -0.25) is 0 Å². The van der Waals surface area contributed by atoms with Gasteiger partial charge in [-0.2, -0.15) is 0 Å². The zero-order valence-electron chi connectivity index (χ0n) is 12.7. The largest absolute Gasteiger partial charge is 0.488 e. The Morgan fingerprint density at radius 3 is 2.86 bits per heavy atom. The molecule has 4 heteroatoms. The number of benzene rings is 1. The van der Waals surface area contributed by atoms with Crippen LogP contribution in [0.4, 0.5) is 4.39 Å². The van der Waals surface area contributed by atoms with Crippen LogP contribution < -0.4 is 10.1 Å². The molecule has 1 saturated carbocycles. The maximum atomic E-state index is 13.4. The smallest absolute Gasteiger partial charge is 0.165 e. The molecular weight excluding hydrogens is 269 g/mol. The molecule has 1 aromatic rings. The number of aliphatic hydroxyl groups is 1. The van der Waals surface area contributed by atoms with Gasteiger partial charge < -0.3 is 15.2 Å². The van der Waals surface area contributed by atoms with Gasteiger partial charge in [-0.25, -0.2) is 4.39 Å². The minimum atomic E-state index is -0.621. The predicted molar refractivity (Wildman–Crippen MR) is 81.9 cm³/mol. The highest BCUT2D eigenvalue weighted by Crippen LogP contribution is 2.26. The van der Waals surface area contributed by atoms with Crippen molar-refractivity contribution in [3.8, 4) is 5.75 Å². The molecule has 3 nitrogen and oxygen atoms in total.